The summed E-state index contributed by atoms with van der Waals surface area (Å²) in [6.07, 6.45) is 0. The van der Waals surface area contributed by atoms with E-state index >= 15 is 0 Å². The lowest BCUT2D eigenvalue weighted by molar-refractivity contribution is 0.574. The van der Waals surface area contributed by atoms with Crippen LogP contribution >= 0.6 is 12.2 Å². The number of benzene rings is 2. The first-order valence-corrected chi connectivity index (χ1v) is 7.92. The Kier molecular flexibility index (Phi) is 4.66. The third-order valence-electron chi connectivity index (χ3n) is 2.84. The fraction of sp³-hybridized carbons (Fsp3) is 0.0714. The van der Waals surface area contributed by atoms with E-state index in [4.69, 9.17) is 18.0 Å². The second-order valence-corrected chi connectivity index (χ2v) is 6.51. The third kappa shape index (κ3) is 3.84. The van der Waals surface area contributed by atoms with Gasteiger partial charge in [0.1, 0.15) is 10.8 Å². The highest BCUT2D eigenvalue weighted by molar-refractivity contribution is 7.89. The van der Waals surface area contributed by atoms with Crippen LogP contribution in [0.15, 0.2) is 53.4 Å². The predicted octanol–water partition coefficient (Wildman–Crippen LogP) is 1.94. The van der Waals surface area contributed by atoms with Crippen LogP contribution in [0.5, 0.6) is 0 Å². The van der Waals surface area contributed by atoms with E-state index in [1.807, 2.05) is 0 Å². The van der Waals surface area contributed by atoms with Crippen LogP contribution in [0.4, 0.5) is 4.39 Å². The molecule has 2 rings (SSSR count). The fourth-order valence-electron chi connectivity index (χ4n) is 1.70. The van der Waals surface area contributed by atoms with Crippen molar-refractivity contribution < 1.29 is 12.8 Å². The Morgan fingerprint density at radius 2 is 1.86 bits per heavy atom. The van der Waals surface area contributed by atoms with E-state index in [2.05, 4.69) is 4.72 Å². The van der Waals surface area contributed by atoms with Crippen LogP contribution in [-0.4, -0.2) is 13.4 Å². The largest absolute Gasteiger partial charge is 0.389 e. The highest BCUT2D eigenvalue weighted by Crippen LogP contribution is 2.13. The maximum absolute atomic E-state index is 13.8. The molecule has 0 saturated carbocycles. The number of rotatable bonds is 5. The average Bonchev–Trinajstić information content (AvgIpc) is 2.46. The van der Waals surface area contributed by atoms with Gasteiger partial charge < -0.3 is 5.73 Å². The normalized spacial score (nSPS) is 11.3. The molecule has 0 aliphatic carbocycles. The average molecular weight is 324 g/mol. The summed E-state index contributed by atoms with van der Waals surface area (Å²) in [4.78, 5) is 0.218. The Labute approximate surface area is 127 Å². The van der Waals surface area contributed by atoms with Crippen molar-refractivity contribution >= 4 is 27.2 Å². The fourth-order valence-corrected chi connectivity index (χ4v) is 2.85. The van der Waals surface area contributed by atoms with Crippen LogP contribution in [0.3, 0.4) is 0 Å². The van der Waals surface area contributed by atoms with E-state index < -0.39 is 15.8 Å². The molecule has 110 valence electrons. The molecule has 0 saturated heterocycles. The van der Waals surface area contributed by atoms with Gasteiger partial charge in [-0.1, -0.05) is 42.5 Å². The van der Waals surface area contributed by atoms with E-state index in [-0.39, 0.29) is 22.0 Å². The molecule has 4 nitrogen and oxygen atoms in total. The highest BCUT2D eigenvalue weighted by Gasteiger charge is 2.14. The second-order valence-electron chi connectivity index (χ2n) is 4.31. The van der Waals surface area contributed by atoms with Crippen molar-refractivity contribution in [2.24, 2.45) is 5.73 Å². The van der Waals surface area contributed by atoms with E-state index in [1.54, 1.807) is 24.3 Å². The molecule has 0 amide bonds. The first kappa shape index (κ1) is 15.6. The molecule has 0 fully saturated rings. The minimum absolute atomic E-state index is 0.0883. The van der Waals surface area contributed by atoms with Gasteiger partial charge in [-0.3, -0.25) is 0 Å². The van der Waals surface area contributed by atoms with Gasteiger partial charge in [-0.2, -0.15) is 0 Å². The predicted molar refractivity (Wildman–Crippen MR) is 82.8 cm³/mol. The van der Waals surface area contributed by atoms with Crippen molar-refractivity contribution in [2.75, 3.05) is 0 Å². The topological polar surface area (TPSA) is 72.2 Å². The maximum atomic E-state index is 13.8. The molecule has 0 atom stereocenters. The number of nitrogens with two attached hydrogens (primary N) is 1. The van der Waals surface area contributed by atoms with E-state index in [1.165, 1.54) is 24.3 Å². The van der Waals surface area contributed by atoms with Gasteiger partial charge in [0.15, 0.2) is 0 Å². The molecule has 3 N–H and O–H groups in total. The Morgan fingerprint density at radius 3 is 2.43 bits per heavy atom. The number of hydrogen-bond donors (Lipinski definition) is 2. The monoisotopic (exact) mass is 324 g/mol. The van der Waals surface area contributed by atoms with E-state index in [0.29, 0.717) is 5.56 Å². The van der Waals surface area contributed by atoms with Crippen LogP contribution < -0.4 is 10.5 Å². The van der Waals surface area contributed by atoms with Crippen molar-refractivity contribution in [2.45, 2.75) is 11.4 Å². The summed E-state index contributed by atoms with van der Waals surface area (Å²) in [5.74, 6) is -0.559. The second kappa shape index (κ2) is 6.30. The zero-order chi connectivity index (χ0) is 15.5. The van der Waals surface area contributed by atoms with Gasteiger partial charge in [0.25, 0.3) is 0 Å². The van der Waals surface area contributed by atoms with Crippen LogP contribution in [0.25, 0.3) is 0 Å². The Hall–Kier alpha value is -1.83. The molecule has 7 heteroatoms. The lowest BCUT2D eigenvalue weighted by Crippen LogP contribution is -2.23. The van der Waals surface area contributed by atoms with Gasteiger partial charge >= 0.3 is 0 Å². The molecule has 0 aromatic heterocycles. The van der Waals surface area contributed by atoms with Crippen molar-refractivity contribution in [3.63, 3.8) is 0 Å². The zero-order valence-electron chi connectivity index (χ0n) is 10.9. The molecule has 0 unspecified atom stereocenters. The summed E-state index contributed by atoms with van der Waals surface area (Å²) in [7, 11) is -3.67. The van der Waals surface area contributed by atoms with Crippen LogP contribution in [0.2, 0.25) is 0 Å². The summed E-state index contributed by atoms with van der Waals surface area (Å²) >= 11 is 4.75. The summed E-state index contributed by atoms with van der Waals surface area (Å²) in [5, 5.41) is 0. The van der Waals surface area contributed by atoms with Crippen LogP contribution in [0.1, 0.15) is 11.1 Å². The lowest BCUT2D eigenvalue weighted by atomic mass is 10.1. The van der Waals surface area contributed by atoms with E-state index in [9.17, 15) is 12.8 Å². The maximum Gasteiger partial charge on any atom is 0.240 e. The number of thiocarbonyl (C=S) groups is 1. The standard InChI is InChI=1S/C14H13FN2O2S2/c15-13-8-10(14(16)20)6-7-11(13)9-17-21(18,19)12-4-2-1-3-5-12/h1-8,17H,9H2,(H2,16,20). The molecular weight excluding hydrogens is 311 g/mol. The molecule has 2 aromatic rings. The summed E-state index contributed by atoms with van der Waals surface area (Å²) in [5.41, 5.74) is 6.02. The first-order valence-electron chi connectivity index (χ1n) is 6.03. The number of halogens is 1. The molecule has 0 spiro atoms. The van der Waals surface area contributed by atoms with Gasteiger partial charge in [-0.05, 0) is 18.2 Å². The smallest absolute Gasteiger partial charge is 0.240 e. The molecule has 0 aliphatic heterocycles. The van der Waals surface area contributed by atoms with Crippen LogP contribution in [0, 0.1) is 5.82 Å². The van der Waals surface area contributed by atoms with Gasteiger partial charge in [0.05, 0.1) is 4.90 Å². The third-order valence-corrected chi connectivity index (χ3v) is 4.50. The molecule has 0 heterocycles. The Balaban J connectivity index is 2.15. The molecular formula is C14H13FN2O2S2. The summed E-state index contributed by atoms with van der Waals surface area (Å²) in [6.45, 7) is -0.152. The quantitative estimate of drug-likeness (QED) is 0.825. The SMILES string of the molecule is NC(=S)c1ccc(CNS(=O)(=O)c2ccccc2)c(F)c1. The van der Waals surface area contributed by atoms with Gasteiger partial charge in [0.2, 0.25) is 10.0 Å². The van der Waals surface area contributed by atoms with Crippen molar-refractivity contribution in [1.82, 2.24) is 4.72 Å². The van der Waals surface area contributed by atoms with Gasteiger partial charge in [0, 0.05) is 17.7 Å². The molecule has 0 bridgehead atoms. The molecule has 0 aliphatic rings. The number of hydrogen-bond acceptors (Lipinski definition) is 3. The van der Waals surface area contributed by atoms with Gasteiger partial charge in [-0.15, -0.1) is 0 Å². The minimum Gasteiger partial charge on any atom is -0.389 e. The zero-order valence-corrected chi connectivity index (χ0v) is 12.5. The lowest BCUT2D eigenvalue weighted by Gasteiger charge is -2.08. The highest BCUT2D eigenvalue weighted by atomic mass is 32.2. The number of sulfonamides is 1. The molecule has 2 aromatic carbocycles. The number of nitrogens with one attached hydrogen (secondary N) is 1. The first-order chi connectivity index (χ1) is 9.90. The van der Waals surface area contributed by atoms with E-state index in [0.717, 1.165) is 0 Å². The Morgan fingerprint density at radius 1 is 1.19 bits per heavy atom. The Bertz CT molecular complexity index is 762. The van der Waals surface area contributed by atoms with Crippen molar-refractivity contribution in [3.8, 4) is 0 Å². The molecule has 0 radical (unpaired) electrons. The molecule has 21 heavy (non-hydrogen) atoms. The van der Waals surface area contributed by atoms with Crippen molar-refractivity contribution in [3.05, 3.63) is 65.5 Å². The van der Waals surface area contributed by atoms with Gasteiger partial charge in [-0.25, -0.2) is 17.5 Å². The summed E-state index contributed by atoms with van der Waals surface area (Å²) in [6, 6.07) is 12.1. The van der Waals surface area contributed by atoms with Crippen molar-refractivity contribution in [1.29, 1.82) is 0 Å². The minimum atomic E-state index is -3.67. The van der Waals surface area contributed by atoms with Crippen LogP contribution in [-0.2, 0) is 16.6 Å². The summed E-state index contributed by atoms with van der Waals surface area (Å²) < 4.78 is 40.2.